The molecule has 104 valence electrons. The first-order valence-electron chi connectivity index (χ1n) is 5.87. The topological polar surface area (TPSA) is 62.3 Å². The second kappa shape index (κ2) is 5.94. The first-order valence-corrected chi connectivity index (χ1v) is 8.78. The molecule has 20 heavy (non-hydrogen) atoms. The predicted molar refractivity (Wildman–Crippen MR) is 83.1 cm³/mol. The van der Waals surface area contributed by atoms with Crippen LogP contribution in [0.1, 0.15) is 0 Å². The molecule has 3 heterocycles. The van der Waals surface area contributed by atoms with Crippen LogP contribution in [-0.4, -0.2) is 39.9 Å². The molecule has 1 N–H and O–H groups in total. The molecule has 1 aliphatic rings. The van der Waals surface area contributed by atoms with E-state index in [1.807, 2.05) is 22.9 Å². The average molecular weight is 325 g/mol. The van der Waals surface area contributed by atoms with Gasteiger partial charge in [0.05, 0.1) is 22.2 Å². The van der Waals surface area contributed by atoms with Gasteiger partial charge in [0, 0.05) is 5.38 Å². The molecule has 0 unspecified atom stereocenters. The van der Waals surface area contributed by atoms with Crippen molar-refractivity contribution in [2.75, 3.05) is 23.5 Å². The Morgan fingerprint density at radius 2 is 2.35 bits per heavy atom. The van der Waals surface area contributed by atoms with Crippen molar-refractivity contribution in [3.63, 3.8) is 0 Å². The molecular weight excluding hydrogens is 314 g/mol. The van der Waals surface area contributed by atoms with E-state index in [2.05, 4.69) is 10.3 Å². The Hall–Kier alpha value is -1.38. The van der Waals surface area contributed by atoms with E-state index in [9.17, 15) is 9.59 Å². The maximum Gasteiger partial charge on any atom is 0.245 e. The van der Waals surface area contributed by atoms with Crippen molar-refractivity contribution in [2.45, 2.75) is 0 Å². The van der Waals surface area contributed by atoms with E-state index >= 15 is 0 Å². The third kappa shape index (κ3) is 3.02. The lowest BCUT2D eigenvalue weighted by atomic mass is 10.4. The van der Waals surface area contributed by atoms with Crippen LogP contribution in [0, 0.1) is 0 Å². The normalized spacial score (nSPS) is 14.8. The molecule has 0 radical (unpaired) electrons. The van der Waals surface area contributed by atoms with Gasteiger partial charge in [0.1, 0.15) is 6.54 Å². The Bertz CT molecular complexity index is 624. The molecule has 8 heteroatoms. The van der Waals surface area contributed by atoms with Crippen molar-refractivity contribution in [3.05, 3.63) is 22.9 Å². The van der Waals surface area contributed by atoms with Crippen LogP contribution in [0.15, 0.2) is 22.9 Å². The summed E-state index contributed by atoms with van der Waals surface area (Å²) in [4.78, 5) is 30.3. The summed E-state index contributed by atoms with van der Waals surface area (Å²) >= 11 is 4.53. The zero-order valence-electron chi connectivity index (χ0n) is 10.4. The van der Waals surface area contributed by atoms with E-state index in [-0.39, 0.29) is 18.4 Å². The molecule has 1 aliphatic heterocycles. The van der Waals surface area contributed by atoms with Crippen LogP contribution in [0.3, 0.4) is 0 Å². The monoisotopic (exact) mass is 325 g/mol. The summed E-state index contributed by atoms with van der Waals surface area (Å²) < 4.78 is 0. The number of rotatable bonds is 4. The lowest BCUT2D eigenvalue weighted by Crippen LogP contribution is -2.34. The molecule has 1 fully saturated rings. The summed E-state index contributed by atoms with van der Waals surface area (Å²) in [7, 11) is 0. The second-order valence-electron chi connectivity index (χ2n) is 4.13. The predicted octanol–water partition coefficient (Wildman–Crippen LogP) is 2.34. The highest BCUT2D eigenvalue weighted by Crippen LogP contribution is 2.28. The number of nitrogens with one attached hydrogen (secondary N) is 1. The molecular formula is C12H11N3O2S3. The van der Waals surface area contributed by atoms with Gasteiger partial charge in [-0.15, -0.1) is 34.4 Å². The van der Waals surface area contributed by atoms with Crippen molar-refractivity contribution in [1.29, 1.82) is 0 Å². The van der Waals surface area contributed by atoms with Gasteiger partial charge >= 0.3 is 0 Å². The smallest absolute Gasteiger partial charge is 0.245 e. The van der Waals surface area contributed by atoms with Gasteiger partial charge in [-0.3, -0.25) is 9.59 Å². The molecule has 2 aromatic heterocycles. The van der Waals surface area contributed by atoms with E-state index in [0.717, 1.165) is 10.6 Å². The molecule has 0 spiro atoms. The SMILES string of the molecule is O=C(CN1CSCC1=O)Nc1nc(-c2cccs2)cs1. The first-order chi connectivity index (χ1) is 9.72. The summed E-state index contributed by atoms with van der Waals surface area (Å²) in [5.41, 5.74) is 0.869. The fourth-order valence-electron chi connectivity index (χ4n) is 1.74. The minimum atomic E-state index is -0.201. The van der Waals surface area contributed by atoms with Crippen molar-refractivity contribution in [1.82, 2.24) is 9.88 Å². The summed E-state index contributed by atoms with van der Waals surface area (Å²) in [6, 6.07) is 3.96. The number of aromatic nitrogens is 1. The highest BCUT2D eigenvalue weighted by Gasteiger charge is 2.23. The maximum absolute atomic E-state index is 11.9. The molecule has 0 bridgehead atoms. The molecule has 2 amide bonds. The van der Waals surface area contributed by atoms with Crippen molar-refractivity contribution < 1.29 is 9.59 Å². The Morgan fingerprint density at radius 3 is 3.05 bits per heavy atom. The summed E-state index contributed by atoms with van der Waals surface area (Å²) in [6.07, 6.45) is 0. The van der Waals surface area contributed by atoms with Crippen LogP contribution in [0.5, 0.6) is 0 Å². The van der Waals surface area contributed by atoms with E-state index in [1.165, 1.54) is 23.1 Å². The van der Waals surface area contributed by atoms with E-state index < -0.39 is 0 Å². The fourth-order valence-corrected chi connectivity index (χ4v) is 4.13. The number of carbonyl (C=O) groups is 2. The zero-order chi connectivity index (χ0) is 13.9. The number of hydrogen-bond donors (Lipinski definition) is 1. The summed E-state index contributed by atoms with van der Waals surface area (Å²) in [5, 5.41) is 7.21. The van der Waals surface area contributed by atoms with Gasteiger partial charge in [0.25, 0.3) is 0 Å². The molecule has 0 aromatic carbocycles. The third-order valence-electron chi connectivity index (χ3n) is 2.68. The minimum Gasteiger partial charge on any atom is -0.323 e. The van der Waals surface area contributed by atoms with Gasteiger partial charge in [-0.05, 0) is 11.4 Å². The van der Waals surface area contributed by atoms with Gasteiger partial charge in [-0.2, -0.15) is 0 Å². The molecule has 2 aromatic rings. The van der Waals surface area contributed by atoms with Gasteiger partial charge in [-0.25, -0.2) is 4.98 Å². The number of thiophene rings is 1. The highest BCUT2D eigenvalue weighted by atomic mass is 32.2. The van der Waals surface area contributed by atoms with Gasteiger partial charge in [-0.1, -0.05) is 6.07 Å². The summed E-state index contributed by atoms with van der Waals surface area (Å²) in [6.45, 7) is 0.0970. The number of amides is 2. The van der Waals surface area contributed by atoms with Crippen LogP contribution in [0.25, 0.3) is 10.6 Å². The molecule has 5 nitrogen and oxygen atoms in total. The standard InChI is InChI=1S/C12H11N3O2S3/c16-10(4-15-7-18-6-11(15)17)14-12-13-8(5-20-12)9-2-1-3-19-9/h1-3,5H,4,6-7H2,(H,13,14,16). The molecule has 1 saturated heterocycles. The average Bonchev–Trinajstić information content (AvgIpc) is 3.12. The van der Waals surface area contributed by atoms with E-state index in [4.69, 9.17) is 0 Å². The Morgan fingerprint density at radius 1 is 1.45 bits per heavy atom. The lowest BCUT2D eigenvalue weighted by molar-refractivity contribution is -0.130. The van der Waals surface area contributed by atoms with Crippen molar-refractivity contribution in [3.8, 4) is 10.6 Å². The van der Waals surface area contributed by atoms with Gasteiger partial charge in [0.15, 0.2) is 5.13 Å². The van der Waals surface area contributed by atoms with Crippen molar-refractivity contribution >= 4 is 51.4 Å². The summed E-state index contributed by atoms with van der Waals surface area (Å²) in [5.74, 6) is 0.869. The second-order valence-corrected chi connectivity index (χ2v) is 6.89. The van der Waals surface area contributed by atoms with E-state index in [1.54, 1.807) is 16.2 Å². The first kappa shape index (κ1) is 13.6. The Balaban J connectivity index is 1.60. The van der Waals surface area contributed by atoms with E-state index in [0.29, 0.717) is 16.8 Å². The third-order valence-corrected chi connectivity index (χ3v) is 5.28. The Kier molecular flexibility index (Phi) is 4.04. The molecule has 0 saturated carbocycles. The number of thioether (sulfide) groups is 1. The number of thiazole rings is 1. The largest absolute Gasteiger partial charge is 0.323 e. The van der Waals surface area contributed by atoms with Crippen LogP contribution in [0.4, 0.5) is 5.13 Å². The van der Waals surface area contributed by atoms with Crippen LogP contribution < -0.4 is 5.32 Å². The number of hydrogen-bond acceptors (Lipinski definition) is 6. The quantitative estimate of drug-likeness (QED) is 0.937. The van der Waals surface area contributed by atoms with Crippen LogP contribution >= 0.6 is 34.4 Å². The Labute approximate surface area is 128 Å². The number of nitrogens with zero attached hydrogens (tertiary/aromatic N) is 2. The maximum atomic E-state index is 11.9. The van der Waals surface area contributed by atoms with Crippen molar-refractivity contribution in [2.24, 2.45) is 0 Å². The van der Waals surface area contributed by atoms with Crippen LogP contribution in [-0.2, 0) is 9.59 Å². The fraction of sp³-hybridized carbons (Fsp3) is 0.250. The van der Waals surface area contributed by atoms with Gasteiger partial charge < -0.3 is 10.2 Å². The molecule has 0 aliphatic carbocycles. The van der Waals surface area contributed by atoms with Gasteiger partial charge in [0.2, 0.25) is 11.8 Å². The number of carbonyl (C=O) groups excluding carboxylic acids is 2. The zero-order valence-corrected chi connectivity index (χ0v) is 12.8. The molecule has 0 atom stereocenters. The lowest BCUT2D eigenvalue weighted by Gasteiger charge is -2.12. The minimum absolute atomic E-state index is 0.0172. The number of anilines is 1. The van der Waals surface area contributed by atoms with Crippen LogP contribution in [0.2, 0.25) is 0 Å². The molecule has 3 rings (SSSR count). The highest BCUT2D eigenvalue weighted by molar-refractivity contribution is 8.00.